The molecular weight excluding hydrogens is 330 g/mol. The maximum Gasteiger partial charge on any atom is 0.254 e. The van der Waals surface area contributed by atoms with Gasteiger partial charge in [-0.2, -0.15) is 0 Å². The lowest BCUT2D eigenvalue weighted by Crippen LogP contribution is -2.40. The summed E-state index contributed by atoms with van der Waals surface area (Å²) in [5.74, 6) is 0.0481. The van der Waals surface area contributed by atoms with Crippen molar-refractivity contribution in [3.05, 3.63) is 47.2 Å². The summed E-state index contributed by atoms with van der Waals surface area (Å²) in [6.07, 6.45) is 1.67. The second kappa shape index (κ2) is 7.26. The SMILES string of the molecule is Cc1nc(CN2C[C@@H](F)C[C@H]2CNC(=O)c2ccncc2F)oc1C. The van der Waals surface area contributed by atoms with Gasteiger partial charge in [-0.1, -0.05) is 0 Å². The summed E-state index contributed by atoms with van der Waals surface area (Å²) in [5, 5.41) is 2.67. The average molecular weight is 350 g/mol. The molecule has 1 amide bonds. The van der Waals surface area contributed by atoms with Crippen molar-refractivity contribution in [1.82, 2.24) is 20.2 Å². The van der Waals surface area contributed by atoms with Gasteiger partial charge in [0.15, 0.2) is 5.82 Å². The standard InChI is InChI=1S/C17H20F2N4O2/c1-10-11(2)25-16(22-10)9-23-8-12(18)5-13(23)6-21-17(24)14-3-4-20-7-15(14)19/h3-4,7,12-13H,5-6,8-9H2,1-2H3,(H,21,24)/t12-,13-/m0/s1. The second-order valence-electron chi connectivity index (χ2n) is 6.23. The van der Waals surface area contributed by atoms with Gasteiger partial charge < -0.3 is 9.73 Å². The molecular formula is C17H20F2N4O2. The molecule has 2 aromatic rings. The summed E-state index contributed by atoms with van der Waals surface area (Å²) in [6.45, 7) is 4.53. The minimum absolute atomic E-state index is 0.0738. The molecule has 1 fully saturated rings. The van der Waals surface area contributed by atoms with E-state index < -0.39 is 17.9 Å². The van der Waals surface area contributed by atoms with Gasteiger partial charge in [-0.05, 0) is 26.3 Å². The fourth-order valence-corrected chi connectivity index (χ4v) is 2.97. The maximum absolute atomic E-state index is 13.8. The molecule has 1 aliphatic heterocycles. The third-order valence-corrected chi connectivity index (χ3v) is 4.40. The number of amides is 1. The molecule has 0 bridgehead atoms. The lowest BCUT2D eigenvalue weighted by molar-refractivity contribution is 0.0934. The van der Waals surface area contributed by atoms with Crippen LogP contribution in [0, 0.1) is 19.7 Å². The summed E-state index contributed by atoms with van der Waals surface area (Å²) < 4.78 is 33.0. The van der Waals surface area contributed by atoms with Crippen LogP contribution in [0.2, 0.25) is 0 Å². The largest absolute Gasteiger partial charge is 0.444 e. The lowest BCUT2D eigenvalue weighted by Gasteiger charge is -2.22. The van der Waals surface area contributed by atoms with E-state index in [0.29, 0.717) is 18.9 Å². The van der Waals surface area contributed by atoms with Gasteiger partial charge in [0.25, 0.3) is 5.91 Å². The van der Waals surface area contributed by atoms with Crippen LogP contribution in [0.15, 0.2) is 22.9 Å². The Labute approximate surface area is 144 Å². The number of oxazole rings is 1. The Morgan fingerprint density at radius 3 is 2.96 bits per heavy atom. The quantitative estimate of drug-likeness (QED) is 0.895. The second-order valence-corrected chi connectivity index (χ2v) is 6.23. The molecule has 6 nitrogen and oxygen atoms in total. The first-order valence-corrected chi connectivity index (χ1v) is 8.12. The van der Waals surface area contributed by atoms with Crippen LogP contribution in [-0.4, -0.2) is 46.1 Å². The predicted molar refractivity (Wildman–Crippen MR) is 86.2 cm³/mol. The molecule has 3 rings (SSSR count). The molecule has 2 atom stereocenters. The Balaban J connectivity index is 1.62. The molecule has 8 heteroatoms. The van der Waals surface area contributed by atoms with Gasteiger partial charge in [0, 0.05) is 25.3 Å². The summed E-state index contributed by atoms with van der Waals surface area (Å²) in [5.41, 5.74) is 0.735. The van der Waals surface area contributed by atoms with E-state index in [-0.39, 0.29) is 24.7 Å². The molecule has 1 N–H and O–H groups in total. The van der Waals surface area contributed by atoms with Crippen LogP contribution in [0.5, 0.6) is 0 Å². The lowest BCUT2D eigenvalue weighted by atomic mass is 10.2. The molecule has 1 saturated heterocycles. The summed E-state index contributed by atoms with van der Waals surface area (Å²) >= 11 is 0. The highest BCUT2D eigenvalue weighted by Crippen LogP contribution is 2.23. The zero-order chi connectivity index (χ0) is 18.0. The van der Waals surface area contributed by atoms with Gasteiger partial charge in [0.1, 0.15) is 11.9 Å². The van der Waals surface area contributed by atoms with Crippen LogP contribution in [0.4, 0.5) is 8.78 Å². The van der Waals surface area contributed by atoms with Crippen molar-refractivity contribution in [2.45, 2.75) is 39.0 Å². The van der Waals surface area contributed by atoms with Crippen molar-refractivity contribution < 1.29 is 18.0 Å². The number of hydrogen-bond donors (Lipinski definition) is 1. The molecule has 0 radical (unpaired) electrons. The van der Waals surface area contributed by atoms with Crippen LogP contribution in [-0.2, 0) is 6.54 Å². The summed E-state index contributed by atoms with van der Waals surface area (Å²) in [4.78, 5) is 21.9. The smallest absolute Gasteiger partial charge is 0.254 e. The molecule has 2 aromatic heterocycles. The Kier molecular flexibility index (Phi) is 5.08. The molecule has 3 heterocycles. The molecule has 1 aliphatic rings. The number of aromatic nitrogens is 2. The molecule has 25 heavy (non-hydrogen) atoms. The number of nitrogens with zero attached hydrogens (tertiary/aromatic N) is 3. The van der Waals surface area contributed by atoms with E-state index in [1.54, 1.807) is 0 Å². The first-order chi connectivity index (χ1) is 11.9. The van der Waals surface area contributed by atoms with Gasteiger partial charge in [0.05, 0.1) is 24.0 Å². The number of nitrogens with one attached hydrogen (secondary N) is 1. The summed E-state index contributed by atoms with van der Waals surface area (Å²) in [7, 11) is 0. The van der Waals surface area contributed by atoms with Crippen molar-refractivity contribution in [2.24, 2.45) is 0 Å². The van der Waals surface area contributed by atoms with Gasteiger partial charge in [-0.15, -0.1) is 0 Å². The first-order valence-electron chi connectivity index (χ1n) is 8.12. The topological polar surface area (TPSA) is 71.3 Å². The molecule has 0 unspecified atom stereocenters. The number of rotatable bonds is 5. The third-order valence-electron chi connectivity index (χ3n) is 4.40. The third kappa shape index (κ3) is 4.01. The number of pyridine rings is 1. The fraction of sp³-hybridized carbons (Fsp3) is 0.471. The molecule has 134 valence electrons. The number of halogens is 2. The van der Waals surface area contributed by atoms with Crippen molar-refractivity contribution >= 4 is 5.91 Å². The highest BCUT2D eigenvalue weighted by molar-refractivity contribution is 5.94. The van der Waals surface area contributed by atoms with Gasteiger partial charge in [-0.25, -0.2) is 13.8 Å². The van der Waals surface area contributed by atoms with Gasteiger partial charge in [0.2, 0.25) is 5.89 Å². The molecule has 0 aromatic carbocycles. The maximum atomic E-state index is 13.8. The monoisotopic (exact) mass is 350 g/mol. The van der Waals surface area contributed by atoms with E-state index in [0.717, 1.165) is 17.7 Å². The number of carbonyl (C=O) groups excluding carboxylic acids is 1. The number of aryl methyl sites for hydroxylation is 2. The molecule has 0 aliphatic carbocycles. The van der Waals surface area contributed by atoms with Crippen LogP contribution >= 0.6 is 0 Å². The van der Waals surface area contributed by atoms with Crippen LogP contribution in [0.1, 0.15) is 34.1 Å². The molecule has 0 spiro atoms. The number of carbonyl (C=O) groups is 1. The number of likely N-dealkylation sites (tertiary alicyclic amines) is 1. The molecule has 0 saturated carbocycles. The Morgan fingerprint density at radius 1 is 1.48 bits per heavy atom. The highest BCUT2D eigenvalue weighted by atomic mass is 19.1. The zero-order valence-electron chi connectivity index (χ0n) is 14.1. The zero-order valence-corrected chi connectivity index (χ0v) is 14.1. The normalized spacial score (nSPS) is 20.8. The van der Waals surface area contributed by atoms with E-state index >= 15 is 0 Å². The van der Waals surface area contributed by atoms with Crippen LogP contribution in [0.25, 0.3) is 0 Å². The minimum atomic E-state index is -0.975. The Bertz CT molecular complexity index is 745. The van der Waals surface area contributed by atoms with Crippen molar-refractivity contribution in [1.29, 1.82) is 0 Å². The number of alkyl halides is 1. The van der Waals surface area contributed by atoms with Crippen molar-refractivity contribution in [2.75, 3.05) is 13.1 Å². The average Bonchev–Trinajstić information content (AvgIpc) is 3.07. The van der Waals surface area contributed by atoms with Gasteiger partial charge in [-0.3, -0.25) is 14.7 Å². The van der Waals surface area contributed by atoms with E-state index in [1.807, 2.05) is 18.7 Å². The first kappa shape index (κ1) is 17.5. The van der Waals surface area contributed by atoms with E-state index in [1.165, 1.54) is 12.3 Å². The highest BCUT2D eigenvalue weighted by Gasteiger charge is 2.33. The predicted octanol–water partition coefficient (Wildman–Crippen LogP) is 2.17. The van der Waals surface area contributed by atoms with Gasteiger partial charge >= 0.3 is 0 Å². The van der Waals surface area contributed by atoms with Crippen molar-refractivity contribution in [3.63, 3.8) is 0 Å². The summed E-state index contributed by atoms with van der Waals surface area (Å²) in [6, 6.07) is 1.12. The Morgan fingerprint density at radius 2 is 2.28 bits per heavy atom. The fourth-order valence-electron chi connectivity index (χ4n) is 2.97. The minimum Gasteiger partial charge on any atom is -0.444 e. The van der Waals surface area contributed by atoms with E-state index in [9.17, 15) is 13.6 Å². The Hall–Kier alpha value is -2.35. The van der Waals surface area contributed by atoms with Crippen LogP contribution in [0.3, 0.4) is 0 Å². The van der Waals surface area contributed by atoms with E-state index in [4.69, 9.17) is 4.42 Å². The van der Waals surface area contributed by atoms with Crippen LogP contribution < -0.4 is 5.32 Å². The van der Waals surface area contributed by atoms with Crippen molar-refractivity contribution in [3.8, 4) is 0 Å². The number of hydrogen-bond acceptors (Lipinski definition) is 5. The van der Waals surface area contributed by atoms with E-state index in [2.05, 4.69) is 15.3 Å².